The molecule has 1 aromatic carbocycles. The van der Waals surface area contributed by atoms with E-state index in [9.17, 15) is 4.79 Å². The van der Waals surface area contributed by atoms with Crippen LogP contribution < -0.4 is 5.32 Å². The summed E-state index contributed by atoms with van der Waals surface area (Å²) in [7, 11) is 1.63. The SMILES string of the molecule is CC(CO)N(C)C(=O)Nc1ccn(-c2ccccc2)n1. The highest BCUT2D eigenvalue weighted by atomic mass is 16.3. The number of nitrogens with zero attached hydrogens (tertiary/aromatic N) is 3. The van der Waals surface area contributed by atoms with Gasteiger partial charge >= 0.3 is 6.03 Å². The van der Waals surface area contributed by atoms with Crippen molar-refractivity contribution in [2.75, 3.05) is 19.0 Å². The van der Waals surface area contributed by atoms with E-state index in [1.165, 1.54) is 4.90 Å². The zero-order chi connectivity index (χ0) is 14.5. The summed E-state index contributed by atoms with van der Waals surface area (Å²) in [6.07, 6.45) is 1.78. The molecule has 0 spiro atoms. The lowest BCUT2D eigenvalue weighted by atomic mass is 10.3. The van der Waals surface area contributed by atoms with E-state index < -0.39 is 0 Å². The van der Waals surface area contributed by atoms with Crippen LogP contribution in [0.3, 0.4) is 0 Å². The standard InChI is InChI=1S/C14H18N4O2/c1-11(10-19)17(2)14(20)15-13-8-9-18(16-13)12-6-4-3-5-7-12/h3-9,11,19H,10H2,1-2H3,(H,15,16,20). The average molecular weight is 274 g/mol. The number of nitrogens with one attached hydrogen (secondary N) is 1. The molecule has 0 radical (unpaired) electrons. The van der Waals surface area contributed by atoms with Gasteiger partial charge in [-0.15, -0.1) is 5.10 Å². The molecule has 0 aliphatic heterocycles. The summed E-state index contributed by atoms with van der Waals surface area (Å²) < 4.78 is 1.69. The first-order chi connectivity index (χ1) is 9.61. The maximum Gasteiger partial charge on any atom is 0.323 e. The van der Waals surface area contributed by atoms with E-state index >= 15 is 0 Å². The minimum absolute atomic E-state index is 0.0810. The van der Waals surface area contributed by atoms with Crippen molar-refractivity contribution in [2.24, 2.45) is 0 Å². The van der Waals surface area contributed by atoms with E-state index in [4.69, 9.17) is 5.11 Å². The number of aliphatic hydroxyl groups is 1. The van der Waals surface area contributed by atoms with Crippen molar-refractivity contribution in [1.29, 1.82) is 0 Å². The zero-order valence-electron chi connectivity index (χ0n) is 11.5. The fourth-order valence-corrected chi connectivity index (χ4v) is 1.64. The number of anilines is 1. The molecule has 1 unspecified atom stereocenters. The number of amides is 2. The predicted molar refractivity (Wildman–Crippen MR) is 76.9 cm³/mol. The molecular formula is C14H18N4O2. The summed E-state index contributed by atoms with van der Waals surface area (Å²) in [5, 5.41) is 16.0. The van der Waals surface area contributed by atoms with Crippen molar-refractivity contribution in [3.8, 4) is 5.69 Å². The molecule has 1 aromatic heterocycles. The topological polar surface area (TPSA) is 70.4 Å². The Morgan fingerprint density at radius 1 is 1.40 bits per heavy atom. The summed E-state index contributed by atoms with van der Waals surface area (Å²) in [4.78, 5) is 13.3. The molecule has 2 N–H and O–H groups in total. The van der Waals surface area contributed by atoms with Gasteiger partial charge in [-0.05, 0) is 19.1 Å². The monoisotopic (exact) mass is 274 g/mol. The van der Waals surface area contributed by atoms with Gasteiger partial charge in [-0.25, -0.2) is 9.48 Å². The summed E-state index contributed by atoms with van der Waals surface area (Å²) >= 11 is 0. The molecule has 1 heterocycles. The summed E-state index contributed by atoms with van der Waals surface area (Å²) in [5.74, 6) is 0.468. The minimum atomic E-state index is -0.301. The lowest BCUT2D eigenvalue weighted by molar-refractivity contribution is 0.166. The lowest BCUT2D eigenvalue weighted by Gasteiger charge is -2.22. The quantitative estimate of drug-likeness (QED) is 0.891. The molecule has 2 aromatic rings. The van der Waals surface area contributed by atoms with Gasteiger partial charge in [0.25, 0.3) is 0 Å². The molecule has 2 amide bonds. The Morgan fingerprint density at radius 3 is 2.75 bits per heavy atom. The highest BCUT2D eigenvalue weighted by Crippen LogP contribution is 2.10. The maximum absolute atomic E-state index is 11.9. The fourth-order valence-electron chi connectivity index (χ4n) is 1.64. The van der Waals surface area contributed by atoms with E-state index in [-0.39, 0.29) is 18.7 Å². The minimum Gasteiger partial charge on any atom is -0.394 e. The number of carbonyl (C=O) groups is 1. The van der Waals surface area contributed by atoms with Crippen LogP contribution in [0.5, 0.6) is 0 Å². The van der Waals surface area contributed by atoms with Crippen LogP contribution in [0.15, 0.2) is 42.6 Å². The van der Waals surface area contributed by atoms with Gasteiger partial charge in [-0.2, -0.15) is 0 Å². The number of aliphatic hydroxyl groups excluding tert-OH is 1. The molecule has 0 saturated heterocycles. The van der Waals surface area contributed by atoms with Gasteiger partial charge in [-0.3, -0.25) is 5.32 Å². The number of para-hydroxylation sites is 1. The molecule has 20 heavy (non-hydrogen) atoms. The van der Waals surface area contributed by atoms with Crippen LogP contribution in [0.1, 0.15) is 6.92 Å². The third kappa shape index (κ3) is 3.16. The van der Waals surface area contributed by atoms with Crippen LogP contribution in [0.4, 0.5) is 10.6 Å². The molecule has 106 valence electrons. The molecule has 1 atom stereocenters. The molecule has 6 nitrogen and oxygen atoms in total. The van der Waals surface area contributed by atoms with Gasteiger partial charge < -0.3 is 10.0 Å². The second-order valence-electron chi connectivity index (χ2n) is 4.55. The Bertz CT molecular complexity index is 568. The van der Waals surface area contributed by atoms with Crippen molar-refractivity contribution >= 4 is 11.8 Å². The molecule has 0 saturated carbocycles. The van der Waals surface area contributed by atoms with Crippen molar-refractivity contribution < 1.29 is 9.90 Å². The van der Waals surface area contributed by atoms with Gasteiger partial charge in [0.1, 0.15) is 0 Å². The predicted octanol–water partition coefficient (Wildman–Crippen LogP) is 1.72. The third-order valence-corrected chi connectivity index (χ3v) is 3.09. The molecule has 0 bridgehead atoms. The first kappa shape index (κ1) is 14.1. The van der Waals surface area contributed by atoms with Crippen LogP contribution in [0.25, 0.3) is 5.69 Å². The van der Waals surface area contributed by atoms with Crippen molar-refractivity contribution in [1.82, 2.24) is 14.7 Å². The molecule has 0 aliphatic carbocycles. The van der Waals surface area contributed by atoms with E-state index in [1.807, 2.05) is 30.3 Å². The number of aromatic nitrogens is 2. The Balaban J connectivity index is 2.05. The number of rotatable bonds is 4. The average Bonchev–Trinajstić information content (AvgIpc) is 2.95. The highest BCUT2D eigenvalue weighted by Gasteiger charge is 2.15. The Labute approximate surface area is 117 Å². The number of hydrogen-bond donors (Lipinski definition) is 2. The van der Waals surface area contributed by atoms with Gasteiger partial charge in [-0.1, -0.05) is 18.2 Å². The van der Waals surface area contributed by atoms with Gasteiger partial charge in [0.15, 0.2) is 5.82 Å². The number of urea groups is 1. The maximum atomic E-state index is 11.9. The van der Waals surface area contributed by atoms with Crippen molar-refractivity contribution in [2.45, 2.75) is 13.0 Å². The van der Waals surface area contributed by atoms with Crippen LogP contribution in [0.2, 0.25) is 0 Å². The van der Waals surface area contributed by atoms with E-state index in [1.54, 1.807) is 30.9 Å². The summed E-state index contributed by atoms with van der Waals surface area (Å²) in [6.45, 7) is 1.69. The lowest BCUT2D eigenvalue weighted by Crippen LogP contribution is -2.40. The molecule has 0 aliphatic rings. The number of likely N-dealkylation sites (N-methyl/N-ethyl adjacent to an activating group) is 1. The third-order valence-electron chi connectivity index (χ3n) is 3.09. The second-order valence-corrected chi connectivity index (χ2v) is 4.55. The molecule has 0 fully saturated rings. The van der Waals surface area contributed by atoms with Crippen LogP contribution in [-0.2, 0) is 0 Å². The summed E-state index contributed by atoms with van der Waals surface area (Å²) in [5.41, 5.74) is 0.921. The van der Waals surface area contributed by atoms with Crippen LogP contribution in [-0.4, -0.2) is 45.5 Å². The Hall–Kier alpha value is -2.34. The summed E-state index contributed by atoms with van der Waals surface area (Å²) in [6, 6.07) is 10.8. The number of carbonyl (C=O) groups excluding carboxylic acids is 1. The zero-order valence-corrected chi connectivity index (χ0v) is 11.5. The first-order valence-electron chi connectivity index (χ1n) is 6.37. The Morgan fingerprint density at radius 2 is 2.10 bits per heavy atom. The molecule has 6 heteroatoms. The Kier molecular flexibility index (Phi) is 4.37. The van der Waals surface area contributed by atoms with Gasteiger partial charge in [0.2, 0.25) is 0 Å². The normalized spacial score (nSPS) is 11.9. The van der Waals surface area contributed by atoms with Crippen LogP contribution in [0, 0.1) is 0 Å². The van der Waals surface area contributed by atoms with E-state index in [2.05, 4.69) is 10.4 Å². The van der Waals surface area contributed by atoms with Crippen molar-refractivity contribution in [3.05, 3.63) is 42.6 Å². The van der Waals surface area contributed by atoms with E-state index in [0.29, 0.717) is 5.82 Å². The molecule has 2 rings (SSSR count). The van der Waals surface area contributed by atoms with Gasteiger partial charge in [0, 0.05) is 19.3 Å². The number of hydrogen-bond acceptors (Lipinski definition) is 3. The highest BCUT2D eigenvalue weighted by molar-refractivity contribution is 5.88. The van der Waals surface area contributed by atoms with Gasteiger partial charge in [0.05, 0.1) is 18.3 Å². The van der Waals surface area contributed by atoms with Crippen molar-refractivity contribution in [3.63, 3.8) is 0 Å². The second kappa shape index (κ2) is 6.21. The van der Waals surface area contributed by atoms with Crippen LogP contribution >= 0.6 is 0 Å². The fraction of sp³-hybridized carbons (Fsp3) is 0.286. The smallest absolute Gasteiger partial charge is 0.323 e. The largest absolute Gasteiger partial charge is 0.394 e. The van der Waals surface area contributed by atoms with E-state index in [0.717, 1.165) is 5.69 Å². The first-order valence-corrected chi connectivity index (χ1v) is 6.37. The number of benzene rings is 1. The molecular weight excluding hydrogens is 256 g/mol.